The Balaban J connectivity index is -0.000000196. The largest absolute Gasteiger partial charge is 0.480 e. The molecule has 5 atom stereocenters. The average Bonchev–Trinajstić information content (AvgIpc) is 2.81. The molecule has 1 unspecified atom stereocenters. The zero-order chi connectivity index (χ0) is 30.1. The number of carbonyl (C=O) groups is 4. The third-order valence-corrected chi connectivity index (χ3v) is 5.47. The van der Waals surface area contributed by atoms with Crippen LogP contribution in [0, 0.1) is 11.8 Å². The van der Waals surface area contributed by atoms with Gasteiger partial charge in [0, 0.05) is 0 Å². The van der Waals surface area contributed by atoms with Gasteiger partial charge in [-0.3, -0.25) is 19.2 Å². The molecule has 0 bridgehead atoms. The summed E-state index contributed by atoms with van der Waals surface area (Å²) < 4.78 is 0. The summed E-state index contributed by atoms with van der Waals surface area (Å²) in [5, 5.41) is 33.3. The first-order valence-electron chi connectivity index (χ1n) is 12.1. The first-order valence-corrected chi connectivity index (χ1v) is 13.5. The number of aliphatic carboxylic acids is 4. The summed E-state index contributed by atoms with van der Waals surface area (Å²) in [6, 6.07) is -2.79. The van der Waals surface area contributed by atoms with Crippen molar-refractivity contribution in [2.24, 2.45) is 40.5 Å². The van der Waals surface area contributed by atoms with E-state index in [1.54, 1.807) is 11.8 Å². The number of carboxylic acids is 4. The molecule has 0 spiro atoms. The fraction of sp³-hybridized carbons (Fsp3) is 0.826. The summed E-state index contributed by atoms with van der Waals surface area (Å²) >= 11 is 1.60. The molecular weight excluding hydrogens is 506 g/mol. The molecular formula is C23H51N5O8S. The Morgan fingerprint density at radius 2 is 1.16 bits per heavy atom. The van der Waals surface area contributed by atoms with Crippen LogP contribution in [0.25, 0.3) is 0 Å². The summed E-state index contributed by atoms with van der Waals surface area (Å²) in [6.07, 6.45) is 6.01. The lowest BCUT2D eigenvalue weighted by molar-refractivity contribution is -0.140. The van der Waals surface area contributed by atoms with Crippen molar-refractivity contribution >= 4 is 35.6 Å². The van der Waals surface area contributed by atoms with Gasteiger partial charge in [0.25, 0.3) is 0 Å². The van der Waals surface area contributed by atoms with E-state index in [0.717, 1.165) is 25.0 Å². The van der Waals surface area contributed by atoms with Crippen LogP contribution in [-0.4, -0.2) is 87.0 Å². The first kappa shape index (κ1) is 42.1. The number of thioether (sulfide) groups is 1. The highest BCUT2D eigenvalue weighted by atomic mass is 32.2. The van der Waals surface area contributed by atoms with Gasteiger partial charge < -0.3 is 49.1 Å². The molecule has 222 valence electrons. The number of rotatable bonds is 15. The number of carboxylic acid groups (broad SMARTS) is 4. The standard InChI is InChI=1S/C6H14N2O2.2C6H13NO2.C5H11NO2S/c7-4-2-1-3-5(8)6(9)10;1-4(2)3-5(7)6(8)9;1-3-4(2)5(7)6(8)9;1-9-3-2-4(6)5(7)8/h5H,1-4,7-8H2,(H,9,10);2*4-5H,3,7H2,1-2H3,(H,8,9);4H,2-3,6H2,1H3,(H,7,8)/t2*5-;4?,5-;4-/m0000/s1. The molecule has 0 heterocycles. The quantitative estimate of drug-likeness (QED) is 0.124. The SMILES string of the molecule is CC(C)C[C@H](N)C(=O)O.CCC(C)[C@H](N)C(=O)O.CSCC[C@H](N)C(=O)O.NCCCC[C@H](N)C(=O)O. The van der Waals surface area contributed by atoms with E-state index in [0.29, 0.717) is 31.7 Å². The first-order chi connectivity index (χ1) is 17.0. The van der Waals surface area contributed by atoms with E-state index in [9.17, 15) is 19.2 Å². The minimum Gasteiger partial charge on any atom is -0.480 e. The molecule has 0 aliphatic rings. The number of unbranched alkanes of at least 4 members (excludes halogenated alkanes) is 1. The van der Waals surface area contributed by atoms with Crippen LogP contribution in [0.3, 0.4) is 0 Å². The maximum atomic E-state index is 10.2. The van der Waals surface area contributed by atoms with Crippen molar-refractivity contribution in [3.63, 3.8) is 0 Å². The molecule has 0 rings (SSSR count). The summed E-state index contributed by atoms with van der Waals surface area (Å²) in [7, 11) is 0. The summed E-state index contributed by atoms with van der Waals surface area (Å²) in [4.78, 5) is 40.5. The lowest BCUT2D eigenvalue weighted by Gasteiger charge is -2.11. The minimum absolute atomic E-state index is 0.0718. The fourth-order valence-electron chi connectivity index (χ4n) is 2.11. The lowest BCUT2D eigenvalue weighted by Crippen LogP contribution is -2.36. The second kappa shape index (κ2) is 27.1. The highest BCUT2D eigenvalue weighted by Gasteiger charge is 2.17. The smallest absolute Gasteiger partial charge is 0.320 e. The van der Waals surface area contributed by atoms with E-state index in [1.807, 2.05) is 34.0 Å². The van der Waals surface area contributed by atoms with Gasteiger partial charge in [-0.1, -0.05) is 40.5 Å². The van der Waals surface area contributed by atoms with E-state index in [-0.39, 0.29) is 5.92 Å². The molecule has 13 nitrogen and oxygen atoms in total. The van der Waals surface area contributed by atoms with Crippen LogP contribution < -0.4 is 28.7 Å². The number of nitrogens with two attached hydrogens (primary N) is 5. The van der Waals surface area contributed by atoms with Gasteiger partial charge in [0.15, 0.2) is 0 Å². The topological polar surface area (TPSA) is 279 Å². The maximum Gasteiger partial charge on any atom is 0.320 e. The Kier molecular flexibility index (Phi) is 30.8. The Labute approximate surface area is 224 Å². The third-order valence-electron chi connectivity index (χ3n) is 4.82. The van der Waals surface area contributed by atoms with Gasteiger partial charge in [0.1, 0.15) is 24.2 Å². The van der Waals surface area contributed by atoms with Crippen LogP contribution in [0.1, 0.15) is 66.2 Å². The minimum atomic E-state index is -0.933. The van der Waals surface area contributed by atoms with Gasteiger partial charge in [-0.2, -0.15) is 11.8 Å². The van der Waals surface area contributed by atoms with Gasteiger partial charge in [-0.25, -0.2) is 0 Å². The molecule has 0 saturated heterocycles. The van der Waals surface area contributed by atoms with Crippen molar-refractivity contribution in [1.29, 1.82) is 0 Å². The van der Waals surface area contributed by atoms with Crippen LogP contribution in [0.2, 0.25) is 0 Å². The Morgan fingerprint density at radius 1 is 0.730 bits per heavy atom. The van der Waals surface area contributed by atoms with Gasteiger partial charge in [-0.05, 0) is 56.1 Å². The van der Waals surface area contributed by atoms with Crippen molar-refractivity contribution in [3.8, 4) is 0 Å². The molecule has 0 aliphatic heterocycles. The van der Waals surface area contributed by atoms with Gasteiger partial charge >= 0.3 is 23.9 Å². The average molecular weight is 558 g/mol. The van der Waals surface area contributed by atoms with Crippen molar-refractivity contribution in [2.45, 2.75) is 90.4 Å². The molecule has 0 aromatic rings. The highest BCUT2D eigenvalue weighted by Crippen LogP contribution is 2.04. The predicted molar refractivity (Wildman–Crippen MR) is 147 cm³/mol. The van der Waals surface area contributed by atoms with Crippen LogP contribution in [0.15, 0.2) is 0 Å². The van der Waals surface area contributed by atoms with Gasteiger partial charge in [0.05, 0.1) is 0 Å². The van der Waals surface area contributed by atoms with E-state index in [4.69, 9.17) is 49.1 Å². The zero-order valence-corrected chi connectivity index (χ0v) is 23.7. The zero-order valence-electron chi connectivity index (χ0n) is 22.8. The van der Waals surface area contributed by atoms with Crippen LogP contribution >= 0.6 is 11.8 Å². The molecule has 0 aliphatic carbocycles. The molecule has 0 aromatic heterocycles. The Bertz CT molecular complexity index is 614. The molecule has 0 fully saturated rings. The second-order valence-electron chi connectivity index (χ2n) is 8.78. The van der Waals surface area contributed by atoms with Crippen LogP contribution in [0.5, 0.6) is 0 Å². The van der Waals surface area contributed by atoms with E-state index < -0.39 is 48.0 Å². The molecule has 0 saturated carbocycles. The molecule has 14 N–H and O–H groups in total. The summed E-state index contributed by atoms with van der Waals surface area (Å²) in [5.41, 5.74) is 26.1. The summed E-state index contributed by atoms with van der Waals surface area (Å²) in [6.45, 7) is 8.25. The van der Waals surface area contributed by atoms with E-state index >= 15 is 0 Å². The molecule has 37 heavy (non-hydrogen) atoms. The fourth-order valence-corrected chi connectivity index (χ4v) is 2.60. The van der Waals surface area contributed by atoms with E-state index in [2.05, 4.69) is 0 Å². The van der Waals surface area contributed by atoms with Gasteiger partial charge in [0.2, 0.25) is 0 Å². The van der Waals surface area contributed by atoms with Crippen molar-refractivity contribution < 1.29 is 39.6 Å². The second-order valence-corrected chi connectivity index (χ2v) is 9.76. The van der Waals surface area contributed by atoms with Crippen molar-refractivity contribution in [3.05, 3.63) is 0 Å². The van der Waals surface area contributed by atoms with Crippen molar-refractivity contribution in [2.75, 3.05) is 18.6 Å². The van der Waals surface area contributed by atoms with Gasteiger partial charge in [-0.15, -0.1) is 0 Å². The normalized spacial score (nSPS) is 14.1. The Hall–Kier alpha value is -1.97. The number of hydrogen-bond acceptors (Lipinski definition) is 10. The molecule has 14 heteroatoms. The van der Waals surface area contributed by atoms with Crippen molar-refractivity contribution in [1.82, 2.24) is 0 Å². The van der Waals surface area contributed by atoms with E-state index in [1.165, 1.54) is 0 Å². The highest BCUT2D eigenvalue weighted by molar-refractivity contribution is 7.98. The number of hydrogen-bond donors (Lipinski definition) is 9. The molecule has 0 radical (unpaired) electrons. The molecule has 0 aromatic carbocycles. The Morgan fingerprint density at radius 3 is 1.41 bits per heavy atom. The monoisotopic (exact) mass is 557 g/mol. The predicted octanol–water partition coefficient (Wildman–Crippen LogP) is 0.568. The third kappa shape index (κ3) is 32.0. The molecule has 0 amide bonds. The van der Waals surface area contributed by atoms with Crippen LogP contribution in [-0.2, 0) is 19.2 Å². The summed E-state index contributed by atoms with van der Waals surface area (Å²) in [5.74, 6) is -2.43. The lowest BCUT2D eigenvalue weighted by atomic mass is 10.0. The van der Waals surface area contributed by atoms with Crippen LogP contribution in [0.4, 0.5) is 0 Å². The maximum absolute atomic E-state index is 10.2.